The Hall–Kier alpha value is -3.61. The molecule has 7 heteroatoms. The minimum absolute atomic E-state index is 0.165. The Balaban J connectivity index is 1.87. The van der Waals surface area contributed by atoms with Crippen molar-refractivity contribution in [3.05, 3.63) is 65.4 Å². The lowest BCUT2D eigenvalue weighted by molar-refractivity contribution is -0.122. The van der Waals surface area contributed by atoms with E-state index in [1.54, 1.807) is 56.5 Å². The van der Waals surface area contributed by atoms with Crippen LogP contribution in [0.3, 0.4) is 0 Å². The number of esters is 1. The number of nitrogens with zero attached hydrogens (tertiary/aromatic N) is 2. The highest BCUT2D eigenvalue weighted by molar-refractivity contribution is 6.11. The minimum atomic E-state index is -0.426. The number of hydrogen-bond acceptors (Lipinski definition) is 6. The number of rotatable bonds is 6. The Labute approximate surface area is 169 Å². The summed E-state index contributed by atoms with van der Waals surface area (Å²) in [5.41, 5.74) is 1.67. The van der Waals surface area contributed by atoms with Crippen LogP contribution in [0, 0.1) is 0 Å². The summed E-state index contributed by atoms with van der Waals surface area (Å²) in [6.45, 7) is 4.27. The molecule has 150 valence electrons. The number of hydrogen-bond donors (Lipinski definition) is 0. The van der Waals surface area contributed by atoms with Crippen LogP contribution in [0.5, 0.6) is 5.75 Å². The van der Waals surface area contributed by atoms with Gasteiger partial charge in [0.25, 0.3) is 5.91 Å². The van der Waals surface area contributed by atoms with Crippen LogP contribution in [-0.2, 0) is 14.3 Å². The average Bonchev–Trinajstić information content (AvgIpc) is 3.03. The summed E-state index contributed by atoms with van der Waals surface area (Å²) in [5.74, 6) is 0.205. The topological polar surface area (TPSA) is 77.4 Å². The van der Waals surface area contributed by atoms with Gasteiger partial charge in [0.05, 0.1) is 25.0 Å². The van der Waals surface area contributed by atoms with Crippen molar-refractivity contribution in [1.29, 1.82) is 0 Å². The molecule has 0 atom stereocenters. The number of aliphatic imine (C=N–C) groups is 1. The van der Waals surface area contributed by atoms with Crippen molar-refractivity contribution >= 4 is 29.7 Å². The third kappa shape index (κ3) is 4.63. The van der Waals surface area contributed by atoms with Gasteiger partial charge in [-0.05, 0) is 55.8 Å². The van der Waals surface area contributed by atoms with Gasteiger partial charge >= 0.3 is 12.0 Å². The summed E-state index contributed by atoms with van der Waals surface area (Å²) < 4.78 is 15.9. The second kappa shape index (κ2) is 9.05. The first-order valence-electron chi connectivity index (χ1n) is 9.27. The molecule has 0 aromatic heterocycles. The summed E-state index contributed by atoms with van der Waals surface area (Å²) in [5, 5.41) is 0. The Morgan fingerprint density at radius 1 is 1.17 bits per heavy atom. The first-order chi connectivity index (χ1) is 14.0. The number of ether oxygens (including phenoxy) is 3. The molecule has 1 fully saturated rings. The quantitative estimate of drug-likeness (QED) is 0.550. The number of carbonyl (C=O) groups is 2. The van der Waals surface area contributed by atoms with E-state index in [1.807, 2.05) is 19.1 Å². The van der Waals surface area contributed by atoms with E-state index < -0.39 is 5.97 Å². The third-order valence-electron chi connectivity index (χ3n) is 4.20. The number of methoxy groups -OCH3 is 1. The number of amidine groups is 1. The van der Waals surface area contributed by atoms with Crippen molar-refractivity contribution in [1.82, 2.24) is 4.90 Å². The molecule has 2 aromatic carbocycles. The molecule has 1 heterocycles. The van der Waals surface area contributed by atoms with Crippen LogP contribution in [0.25, 0.3) is 6.08 Å². The highest BCUT2D eigenvalue weighted by Crippen LogP contribution is 2.24. The highest BCUT2D eigenvalue weighted by Gasteiger charge is 2.33. The minimum Gasteiger partial charge on any atom is -0.497 e. The van der Waals surface area contributed by atoms with Gasteiger partial charge in [0.1, 0.15) is 5.75 Å². The zero-order valence-corrected chi connectivity index (χ0v) is 16.5. The van der Waals surface area contributed by atoms with Crippen LogP contribution in [0.4, 0.5) is 5.69 Å². The van der Waals surface area contributed by atoms with Crippen molar-refractivity contribution in [2.45, 2.75) is 13.8 Å². The predicted molar refractivity (Wildman–Crippen MR) is 109 cm³/mol. The Kier molecular flexibility index (Phi) is 6.29. The molecule has 1 aliphatic heterocycles. The molecule has 0 spiro atoms. The third-order valence-corrected chi connectivity index (χ3v) is 4.20. The van der Waals surface area contributed by atoms with Gasteiger partial charge in [-0.25, -0.2) is 4.79 Å². The lowest BCUT2D eigenvalue weighted by Gasteiger charge is -2.09. The summed E-state index contributed by atoms with van der Waals surface area (Å²) in [6.07, 6.45) is 1.65. The van der Waals surface area contributed by atoms with Crippen molar-refractivity contribution in [3.8, 4) is 5.75 Å². The largest absolute Gasteiger partial charge is 0.497 e. The molecule has 3 rings (SSSR count). The lowest BCUT2D eigenvalue weighted by atomic mass is 10.2. The molecule has 2 aromatic rings. The molecule has 1 saturated heterocycles. The molecule has 1 amide bonds. The van der Waals surface area contributed by atoms with Crippen LogP contribution in [0.15, 0.2) is 59.3 Å². The second-order valence-corrected chi connectivity index (χ2v) is 6.10. The molecule has 1 aliphatic rings. The van der Waals surface area contributed by atoms with Crippen LogP contribution < -0.4 is 4.74 Å². The van der Waals surface area contributed by atoms with Gasteiger partial charge in [-0.2, -0.15) is 4.99 Å². The number of amides is 1. The van der Waals surface area contributed by atoms with E-state index in [1.165, 1.54) is 4.90 Å². The maximum Gasteiger partial charge on any atom is 0.338 e. The van der Waals surface area contributed by atoms with Gasteiger partial charge in [0.2, 0.25) is 0 Å². The van der Waals surface area contributed by atoms with Crippen molar-refractivity contribution in [3.63, 3.8) is 0 Å². The van der Waals surface area contributed by atoms with E-state index in [-0.39, 0.29) is 24.3 Å². The second-order valence-electron chi connectivity index (χ2n) is 6.10. The van der Waals surface area contributed by atoms with E-state index in [4.69, 9.17) is 14.2 Å². The van der Waals surface area contributed by atoms with Crippen LogP contribution in [-0.4, -0.2) is 43.1 Å². The van der Waals surface area contributed by atoms with E-state index in [0.717, 1.165) is 11.3 Å². The maximum atomic E-state index is 12.7. The number of benzene rings is 2. The van der Waals surface area contributed by atoms with Crippen molar-refractivity contribution in [2.24, 2.45) is 4.99 Å². The van der Waals surface area contributed by atoms with Crippen LogP contribution in [0.1, 0.15) is 29.8 Å². The lowest BCUT2D eigenvalue weighted by Crippen LogP contribution is -2.29. The van der Waals surface area contributed by atoms with Gasteiger partial charge in [-0.3, -0.25) is 9.69 Å². The maximum absolute atomic E-state index is 12.7. The molecular formula is C22H22N2O5. The molecule has 0 bridgehead atoms. The molecule has 0 aliphatic carbocycles. The summed E-state index contributed by atoms with van der Waals surface area (Å²) in [4.78, 5) is 30.5. The van der Waals surface area contributed by atoms with Gasteiger partial charge in [-0.1, -0.05) is 18.2 Å². The summed E-state index contributed by atoms with van der Waals surface area (Å²) in [6, 6.07) is 14.1. The zero-order chi connectivity index (χ0) is 20.8. The summed E-state index contributed by atoms with van der Waals surface area (Å²) >= 11 is 0. The first kappa shape index (κ1) is 20.1. The number of likely N-dealkylation sites (N-methyl/N-ethyl adjacent to an activating group) is 1. The zero-order valence-electron chi connectivity index (χ0n) is 16.5. The van der Waals surface area contributed by atoms with Gasteiger partial charge < -0.3 is 14.2 Å². The molecule has 0 N–H and O–H groups in total. The molecule has 7 nitrogen and oxygen atoms in total. The molecule has 0 radical (unpaired) electrons. The fraction of sp³-hybridized carbons (Fsp3) is 0.227. The smallest absolute Gasteiger partial charge is 0.338 e. The standard InChI is InChI=1S/C22H22N2O5/c1-4-24-20(25)19(13-15-9-11-18(27-3)12-10-15)29-22(24)23-17-8-6-7-16(14-17)21(26)28-5-2/h6-14H,4-5H2,1-3H3/b19-13+,23-22?. The Morgan fingerprint density at radius 2 is 1.93 bits per heavy atom. The van der Waals surface area contributed by atoms with E-state index in [0.29, 0.717) is 17.8 Å². The number of carbonyl (C=O) groups excluding carboxylic acids is 2. The molecular weight excluding hydrogens is 372 g/mol. The fourth-order valence-corrected chi connectivity index (χ4v) is 2.75. The molecule has 29 heavy (non-hydrogen) atoms. The van der Waals surface area contributed by atoms with Gasteiger partial charge in [0.15, 0.2) is 5.76 Å². The van der Waals surface area contributed by atoms with Gasteiger partial charge in [-0.15, -0.1) is 0 Å². The van der Waals surface area contributed by atoms with E-state index in [2.05, 4.69) is 4.99 Å². The normalized spacial score (nSPS) is 16.2. The van der Waals surface area contributed by atoms with Crippen LogP contribution >= 0.6 is 0 Å². The van der Waals surface area contributed by atoms with E-state index in [9.17, 15) is 9.59 Å². The fourth-order valence-electron chi connectivity index (χ4n) is 2.75. The van der Waals surface area contributed by atoms with Crippen molar-refractivity contribution < 1.29 is 23.8 Å². The molecule has 0 saturated carbocycles. The first-order valence-corrected chi connectivity index (χ1v) is 9.27. The van der Waals surface area contributed by atoms with Crippen molar-refractivity contribution in [2.75, 3.05) is 20.3 Å². The molecule has 0 unspecified atom stereocenters. The Morgan fingerprint density at radius 3 is 2.59 bits per heavy atom. The van der Waals surface area contributed by atoms with Gasteiger partial charge in [0, 0.05) is 6.54 Å². The van der Waals surface area contributed by atoms with Crippen LogP contribution in [0.2, 0.25) is 0 Å². The monoisotopic (exact) mass is 394 g/mol. The van der Waals surface area contributed by atoms with E-state index >= 15 is 0 Å². The predicted octanol–water partition coefficient (Wildman–Crippen LogP) is 3.78. The SMILES string of the molecule is CCOC(=O)c1cccc(N=C2O/C(=C/c3ccc(OC)cc3)C(=O)N2CC)c1. The average molecular weight is 394 g/mol. The Bertz CT molecular complexity index is 963. The summed E-state index contributed by atoms with van der Waals surface area (Å²) in [7, 11) is 1.59. The highest BCUT2D eigenvalue weighted by atomic mass is 16.5.